The molecule has 4 nitrogen and oxygen atoms in total. The highest BCUT2D eigenvalue weighted by atomic mass is 32.2. The lowest BCUT2D eigenvalue weighted by Gasteiger charge is -2.26. The summed E-state index contributed by atoms with van der Waals surface area (Å²) in [4.78, 5) is 16.0. The topological polar surface area (TPSA) is 53.5 Å². The van der Waals surface area contributed by atoms with E-state index in [1.807, 2.05) is 11.8 Å². The van der Waals surface area contributed by atoms with Crippen LogP contribution < -0.4 is 10.6 Å². The van der Waals surface area contributed by atoms with E-state index in [-0.39, 0.29) is 5.91 Å². The van der Waals surface area contributed by atoms with E-state index in [0.29, 0.717) is 23.8 Å². The van der Waals surface area contributed by atoms with Crippen molar-refractivity contribution in [3.8, 4) is 0 Å². The zero-order valence-electron chi connectivity index (χ0n) is 11.2. The Morgan fingerprint density at radius 2 is 2.28 bits per heavy atom. The first-order valence-electron chi connectivity index (χ1n) is 6.90. The Morgan fingerprint density at radius 1 is 1.50 bits per heavy atom. The average molecular weight is 269 g/mol. The standard InChI is InChI=1S/C13H23N3OS/c1-9-8-10(2)18-13(15-9)14-7-3-4-12(17)16-11-5-6-11/h9-11H,3-8H2,1-2H3,(H,14,15)(H,16,17). The summed E-state index contributed by atoms with van der Waals surface area (Å²) in [6.45, 7) is 5.17. The van der Waals surface area contributed by atoms with Crippen molar-refractivity contribution in [2.75, 3.05) is 6.54 Å². The van der Waals surface area contributed by atoms with Gasteiger partial charge in [-0.1, -0.05) is 18.7 Å². The van der Waals surface area contributed by atoms with Gasteiger partial charge in [0.15, 0.2) is 5.17 Å². The minimum Gasteiger partial charge on any atom is -0.362 e. The summed E-state index contributed by atoms with van der Waals surface area (Å²) in [5.41, 5.74) is 0. The number of rotatable bonds is 5. The molecule has 1 saturated carbocycles. The van der Waals surface area contributed by atoms with Crippen molar-refractivity contribution >= 4 is 22.8 Å². The Balaban J connectivity index is 1.62. The van der Waals surface area contributed by atoms with Crippen molar-refractivity contribution in [2.45, 2.75) is 63.3 Å². The molecule has 0 radical (unpaired) electrons. The van der Waals surface area contributed by atoms with Crippen LogP contribution in [0.5, 0.6) is 0 Å². The van der Waals surface area contributed by atoms with Crippen LogP contribution in [0.25, 0.3) is 0 Å². The molecule has 1 aliphatic carbocycles. The van der Waals surface area contributed by atoms with Gasteiger partial charge in [-0.3, -0.25) is 9.79 Å². The van der Waals surface area contributed by atoms with E-state index in [9.17, 15) is 4.79 Å². The van der Waals surface area contributed by atoms with E-state index in [1.165, 1.54) is 6.42 Å². The first-order valence-corrected chi connectivity index (χ1v) is 7.78. The van der Waals surface area contributed by atoms with Crippen LogP contribution in [-0.4, -0.2) is 35.0 Å². The predicted octanol–water partition coefficient (Wildman–Crippen LogP) is 1.90. The van der Waals surface area contributed by atoms with E-state index in [2.05, 4.69) is 29.5 Å². The van der Waals surface area contributed by atoms with Crippen molar-refractivity contribution in [3.63, 3.8) is 0 Å². The number of nitrogens with zero attached hydrogens (tertiary/aromatic N) is 1. The van der Waals surface area contributed by atoms with Gasteiger partial charge in [-0.15, -0.1) is 0 Å². The predicted molar refractivity (Wildman–Crippen MR) is 77.0 cm³/mol. The first-order chi connectivity index (χ1) is 8.63. The number of hydrogen-bond acceptors (Lipinski definition) is 3. The van der Waals surface area contributed by atoms with E-state index < -0.39 is 0 Å². The molecule has 2 rings (SSSR count). The van der Waals surface area contributed by atoms with Gasteiger partial charge in [-0.05, 0) is 32.6 Å². The van der Waals surface area contributed by atoms with Crippen molar-refractivity contribution in [2.24, 2.45) is 4.99 Å². The lowest BCUT2D eigenvalue weighted by molar-refractivity contribution is -0.121. The highest BCUT2D eigenvalue weighted by molar-refractivity contribution is 8.14. The molecule has 2 fully saturated rings. The second-order valence-electron chi connectivity index (χ2n) is 5.34. The number of amidine groups is 1. The van der Waals surface area contributed by atoms with Crippen LogP contribution in [-0.2, 0) is 4.79 Å². The molecule has 1 amide bonds. The minimum absolute atomic E-state index is 0.184. The van der Waals surface area contributed by atoms with Gasteiger partial charge < -0.3 is 10.6 Å². The largest absolute Gasteiger partial charge is 0.362 e. The van der Waals surface area contributed by atoms with Crippen LogP contribution in [0.2, 0.25) is 0 Å². The van der Waals surface area contributed by atoms with Gasteiger partial charge in [-0.25, -0.2) is 0 Å². The number of carbonyl (C=O) groups excluding carboxylic acids is 1. The van der Waals surface area contributed by atoms with Crippen molar-refractivity contribution in [1.29, 1.82) is 0 Å². The fourth-order valence-electron chi connectivity index (χ4n) is 2.07. The van der Waals surface area contributed by atoms with Crippen LogP contribution in [0.3, 0.4) is 0 Å². The summed E-state index contributed by atoms with van der Waals surface area (Å²) in [5, 5.41) is 8.07. The average Bonchev–Trinajstić information content (AvgIpc) is 3.07. The summed E-state index contributed by atoms with van der Waals surface area (Å²) in [7, 11) is 0. The molecule has 102 valence electrons. The second-order valence-corrected chi connectivity index (χ2v) is 6.77. The molecule has 0 spiro atoms. The highest BCUT2D eigenvalue weighted by Crippen LogP contribution is 2.22. The molecule has 18 heavy (non-hydrogen) atoms. The Morgan fingerprint density at radius 3 is 2.94 bits per heavy atom. The zero-order chi connectivity index (χ0) is 13.0. The van der Waals surface area contributed by atoms with Gasteiger partial charge >= 0.3 is 0 Å². The molecular weight excluding hydrogens is 246 g/mol. The number of amides is 1. The molecule has 0 aromatic rings. The summed E-state index contributed by atoms with van der Waals surface area (Å²) < 4.78 is 0. The third-order valence-corrected chi connectivity index (χ3v) is 4.19. The van der Waals surface area contributed by atoms with E-state index in [0.717, 1.165) is 31.0 Å². The molecule has 1 heterocycles. The monoisotopic (exact) mass is 269 g/mol. The maximum absolute atomic E-state index is 11.5. The summed E-state index contributed by atoms with van der Waals surface area (Å²) >= 11 is 1.81. The number of nitrogens with one attached hydrogen (secondary N) is 2. The molecule has 2 unspecified atom stereocenters. The fourth-order valence-corrected chi connectivity index (χ4v) is 3.27. The fraction of sp³-hybridized carbons (Fsp3) is 0.846. The van der Waals surface area contributed by atoms with Crippen molar-refractivity contribution < 1.29 is 4.79 Å². The van der Waals surface area contributed by atoms with Crippen LogP contribution in [0.1, 0.15) is 46.0 Å². The molecule has 0 aromatic heterocycles. The zero-order valence-corrected chi connectivity index (χ0v) is 12.1. The number of aliphatic imine (C=N–C) groups is 1. The van der Waals surface area contributed by atoms with Gasteiger partial charge in [0.2, 0.25) is 5.91 Å². The Hall–Kier alpha value is -0.710. The molecule has 0 aromatic carbocycles. The minimum atomic E-state index is 0.184. The van der Waals surface area contributed by atoms with Gasteiger partial charge in [0.1, 0.15) is 0 Å². The Kier molecular flexibility index (Phi) is 4.92. The first kappa shape index (κ1) is 13.7. The number of hydrogen-bond donors (Lipinski definition) is 2. The van der Waals surface area contributed by atoms with Crippen LogP contribution in [0.15, 0.2) is 4.99 Å². The Bertz CT molecular complexity index is 316. The molecule has 2 atom stereocenters. The maximum Gasteiger partial charge on any atom is 0.220 e. The highest BCUT2D eigenvalue weighted by Gasteiger charge is 2.23. The molecule has 1 aliphatic heterocycles. The lowest BCUT2D eigenvalue weighted by Crippen LogP contribution is -2.38. The molecule has 0 bridgehead atoms. The third kappa shape index (κ3) is 4.88. The van der Waals surface area contributed by atoms with E-state index in [4.69, 9.17) is 0 Å². The van der Waals surface area contributed by atoms with E-state index in [1.54, 1.807) is 0 Å². The van der Waals surface area contributed by atoms with Gasteiger partial charge in [0.25, 0.3) is 0 Å². The number of carbonyl (C=O) groups is 1. The lowest BCUT2D eigenvalue weighted by atomic mass is 10.2. The third-order valence-electron chi connectivity index (χ3n) is 3.13. The number of thioether (sulfide) groups is 1. The maximum atomic E-state index is 11.5. The molecule has 2 N–H and O–H groups in total. The van der Waals surface area contributed by atoms with Gasteiger partial charge in [0.05, 0.1) is 0 Å². The quantitative estimate of drug-likeness (QED) is 0.750. The smallest absolute Gasteiger partial charge is 0.220 e. The SMILES string of the molecule is CC1CC(C)SC(=NCCCC(=O)NC2CC2)N1. The summed E-state index contributed by atoms with van der Waals surface area (Å²) in [6, 6.07) is 0.985. The van der Waals surface area contributed by atoms with Gasteiger partial charge in [0, 0.05) is 30.3 Å². The molecule has 5 heteroatoms. The normalized spacial score (nSPS) is 30.0. The summed E-state index contributed by atoms with van der Waals surface area (Å²) in [6.07, 6.45) is 4.94. The molecular formula is C13H23N3OS. The molecule has 1 saturated heterocycles. The molecule has 2 aliphatic rings. The van der Waals surface area contributed by atoms with Crippen LogP contribution >= 0.6 is 11.8 Å². The van der Waals surface area contributed by atoms with E-state index >= 15 is 0 Å². The van der Waals surface area contributed by atoms with Crippen molar-refractivity contribution in [3.05, 3.63) is 0 Å². The van der Waals surface area contributed by atoms with Crippen molar-refractivity contribution in [1.82, 2.24) is 10.6 Å². The van der Waals surface area contributed by atoms with Gasteiger partial charge in [-0.2, -0.15) is 0 Å². The second kappa shape index (κ2) is 6.45. The summed E-state index contributed by atoms with van der Waals surface area (Å²) in [5.74, 6) is 0.184. The van der Waals surface area contributed by atoms with Crippen LogP contribution in [0.4, 0.5) is 0 Å². The Labute approximate surface area is 113 Å². The van der Waals surface area contributed by atoms with Crippen LogP contribution in [0, 0.1) is 0 Å².